The van der Waals surface area contributed by atoms with E-state index in [2.05, 4.69) is 0 Å². The van der Waals surface area contributed by atoms with Crippen LogP contribution in [0.5, 0.6) is 0 Å². The van der Waals surface area contributed by atoms with Crippen LogP contribution in [0.4, 0.5) is 10.1 Å². The van der Waals surface area contributed by atoms with Crippen LogP contribution in [-0.4, -0.2) is 37.9 Å². The summed E-state index contributed by atoms with van der Waals surface area (Å²) >= 11 is 0. The number of hydrogen-bond donors (Lipinski definition) is 1. The molecular formula is C14H18FNO3. The highest BCUT2D eigenvalue weighted by Crippen LogP contribution is 2.27. The number of methoxy groups -OCH3 is 1. The molecule has 4 nitrogen and oxygen atoms in total. The molecule has 1 fully saturated rings. The lowest BCUT2D eigenvalue weighted by Crippen LogP contribution is -2.35. The second-order valence-corrected chi connectivity index (χ2v) is 4.77. The van der Waals surface area contributed by atoms with Crippen molar-refractivity contribution in [2.75, 3.05) is 31.7 Å². The fraction of sp³-hybridized carbons (Fsp3) is 0.500. The van der Waals surface area contributed by atoms with Gasteiger partial charge in [0.25, 0.3) is 0 Å². The van der Waals surface area contributed by atoms with Gasteiger partial charge in [0.15, 0.2) is 0 Å². The summed E-state index contributed by atoms with van der Waals surface area (Å²) in [7, 11) is 1.31. The van der Waals surface area contributed by atoms with Crippen LogP contribution in [0.15, 0.2) is 18.2 Å². The molecule has 1 aromatic carbocycles. The van der Waals surface area contributed by atoms with Crippen LogP contribution >= 0.6 is 0 Å². The molecule has 1 heterocycles. The van der Waals surface area contributed by atoms with E-state index in [0.29, 0.717) is 30.3 Å². The van der Waals surface area contributed by atoms with E-state index in [-0.39, 0.29) is 12.4 Å². The number of carbonyl (C=O) groups is 1. The third-order valence-electron chi connectivity index (χ3n) is 3.58. The molecule has 0 saturated carbocycles. The van der Waals surface area contributed by atoms with Gasteiger partial charge in [-0.15, -0.1) is 0 Å². The highest BCUT2D eigenvalue weighted by Gasteiger charge is 2.23. The minimum atomic E-state index is -0.459. The first-order chi connectivity index (χ1) is 9.15. The van der Waals surface area contributed by atoms with E-state index in [9.17, 15) is 9.18 Å². The second kappa shape index (κ2) is 6.02. The van der Waals surface area contributed by atoms with Gasteiger partial charge < -0.3 is 14.7 Å². The topological polar surface area (TPSA) is 49.8 Å². The quantitative estimate of drug-likeness (QED) is 0.849. The van der Waals surface area contributed by atoms with Gasteiger partial charge in [-0.2, -0.15) is 0 Å². The van der Waals surface area contributed by atoms with Crippen molar-refractivity contribution in [3.63, 3.8) is 0 Å². The van der Waals surface area contributed by atoms with Crippen LogP contribution < -0.4 is 4.90 Å². The van der Waals surface area contributed by atoms with E-state index in [1.807, 2.05) is 4.90 Å². The van der Waals surface area contributed by atoms with Crippen molar-refractivity contribution in [1.29, 1.82) is 0 Å². The average molecular weight is 267 g/mol. The molecule has 1 saturated heterocycles. The van der Waals surface area contributed by atoms with Crippen LogP contribution in [0.25, 0.3) is 0 Å². The predicted octanol–water partition coefficient (Wildman–Crippen LogP) is 1.82. The molecule has 1 aliphatic heterocycles. The van der Waals surface area contributed by atoms with Gasteiger partial charge in [0.2, 0.25) is 0 Å². The van der Waals surface area contributed by atoms with E-state index in [4.69, 9.17) is 9.84 Å². The van der Waals surface area contributed by atoms with E-state index in [0.717, 1.165) is 12.8 Å². The molecule has 0 radical (unpaired) electrons. The number of halogens is 1. The Morgan fingerprint density at radius 1 is 1.47 bits per heavy atom. The zero-order valence-electron chi connectivity index (χ0n) is 10.9. The Bertz CT molecular complexity index is 456. The Morgan fingerprint density at radius 2 is 2.16 bits per heavy atom. The van der Waals surface area contributed by atoms with Gasteiger partial charge in [0.1, 0.15) is 5.82 Å². The zero-order chi connectivity index (χ0) is 13.8. The Kier molecular flexibility index (Phi) is 4.37. The van der Waals surface area contributed by atoms with Gasteiger partial charge in [-0.25, -0.2) is 9.18 Å². The monoisotopic (exact) mass is 267 g/mol. The average Bonchev–Trinajstić information content (AvgIpc) is 2.46. The third kappa shape index (κ3) is 3.04. The zero-order valence-corrected chi connectivity index (χ0v) is 10.9. The number of anilines is 1. The molecule has 19 heavy (non-hydrogen) atoms. The predicted molar refractivity (Wildman–Crippen MR) is 69.8 cm³/mol. The number of benzene rings is 1. The van der Waals surface area contributed by atoms with Gasteiger partial charge in [-0.05, 0) is 37.0 Å². The highest BCUT2D eigenvalue weighted by molar-refractivity contribution is 5.95. The largest absolute Gasteiger partial charge is 0.465 e. The summed E-state index contributed by atoms with van der Waals surface area (Å²) in [6, 6.07) is 4.08. The number of rotatable bonds is 3. The fourth-order valence-corrected chi connectivity index (χ4v) is 2.41. The Balaban J connectivity index is 2.23. The molecule has 0 aliphatic carbocycles. The van der Waals surface area contributed by atoms with Gasteiger partial charge in [0, 0.05) is 19.7 Å². The molecule has 0 spiro atoms. The van der Waals surface area contributed by atoms with E-state index < -0.39 is 5.97 Å². The van der Waals surface area contributed by atoms with Crippen LogP contribution in [0.1, 0.15) is 23.2 Å². The Morgan fingerprint density at radius 3 is 2.74 bits per heavy atom. The second-order valence-electron chi connectivity index (χ2n) is 4.77. The molecule has 1 N–H and O–H groups in total. The number of esters is 1. The van der Waals surface area contributed by atoms with Gasteiger partial charge in [-0.3, -0.25) is 0 Å². The number of ether oxygens (including phenoxy) is 1. The molecule has 0 bridgehead atoms. The summed E-state index contributed by atoms with van der Waals surface area (Å²) in [4.78, 5) is 13.7. The third-order valence-corrected chi connectivity index (χ3v) is 3.58. The molecule has 0 atom stereocenters. The smallest absolute Gasteiger partial charge is 0.339 e. The highest BCUT2D eigenvalue weighted by atomic mass is 19.1. The van der Waals surface area contributed by atoms with Gasteiger partial charge in [0.05, 0.1) is 18.4 Å². The van der Waals surface area contributed by atoms with Crippen molar-refractivity contribution in [2.45, 2.75) is 12.8 Å². The fourth-order valence-electron chi connectivity index (χ4n) is 2.41. The molecule has 0 amide bonds. The first-order valence-corrected chi connectivity index (χ1v) is 6.39. The Labute approximate surface area is 111 Å². The van der Waals surface area contributed by atoms with Crippen molar-refractivity contribution in [3.8, 4) is 0 Å². The van der Waals surface area contributed by atoms with Gasteiger partial charge in [-0.1, -0.05) is 0 Å². The normalized spacial score (nSPS) is 16.5. The SMILES string of the molecule is COC(=O)c1ccc(F)cc1N1CCC(CO)CC1. The number of piperidine rings is 1. The molecule has 0 aromatic heterocycles. The standard InChI is InChI=1S/C14H18FNO3/c1-19-14(18)12-3-2-11(15)8-13(12)16-6-4-10(9-17)5-7-16/h2-3,8,10,17H,4-7,9H2,1H3. The maximum absolute atomic E-state index is 13.4. The molecular weight excluding hydrogens is 249 g/mol. The minimum absolute atomic E-state index is 0.181. The molecule has 0 unspecified atom stereocenters. The molecule has 2 rings (SSSR count). The van der Waals surface area contributed by atoms with Crippen LogP contribution in [-0.2, 0) is 4.74 Å². The minimum Gasteiger partial charge on any atom is -0.465 e. The number of aliphatic hydroxyl groups is 1. The molecule has 1 aliphatic rings. The first kappa shape index (κ1) is 13.8. The molecule has 104 valence electrons. The van der Waals surface area contributed by atoms with E-state index >= 15 is 0 Å². The number of aliphatic hydroxyl groups excluding tert-OH is 1. The van der Waals surface area contributed by atoms with Crippen molar-refractivity contribution in [1.82, 2.24) is 0 Å². The van der Waals surface area contributed by atoms with Crippen molar-refractivity contribution < 1.29 is 19.0 Å². The van der Waals surface area contributed by atoms with Crippen molar-refractivity contribution >= 4 is 11.7 Å². The van der Waals surface area contributed by atoms with Crippen LogP contribution in [0.3, 0.4) is 0 Å². The number of hydrogen-bond acceptors (Lipinski definition) is 4. The summed E-state index contributed by atoms with van der Waals surface area (Å²) in [6.45, 7) is 1.60. The summed E-state index contributed by atoms with van der Waals surface area (Å²) in [5.74, 6) is -0.530. The lowest BCUT2D eigenvalue weighted by molar-refractivity contribution is 0.0601. The van der Waals surface area contributed by atoms with Gasteiger partial charge >= 0.3 is 5.97 Å². The summed E-state index contributed by atoms with van der Waals surface area (Å²) in [5, 5.41) is 9.12. The molecule has 5 heteroatoms. The maximum atomic E-state index is 13.4. The van der Waals surface area contributed by atoms with E-state index in [1.165, 1.54) is 25.3 Å². The van der Waals surface area contributed by atoms with Crippen LogP contribution in [0, 0.1) is 11.7 Å². The number of nitrogens with zero attached hydrogens (tertiary/aromatic N) is 1. The van der Waals surface area contributed by atoms with Crippen molar-refractivity contribution in [3.05, 3.63) is 29.6 Å². The summed E-state index contributed by atoms with van der Waals surface area (Å²) in [5.41, 5.74) is 0.953. The lowest BCUT2D eigenvalue weighted by Gasteiger charge is -2.33. The van der Waals surface area contributed by atoms with Crippen LogP contribution in [0.2, 0.25) is 0 Å². The van der Waals surface area contributed by atoms with E-state index in [1.54, 1.807) is 0 Å². The molecule has 1 aromatic rings. The summed E-state index contributed by atoms with van der Waals surface area (Å²) in [6.07, 6.45) is 1.68. The Hall–Kier alpha value is -1.62. The van der Waals surface area contributed by atoms with Crippen molar-refractivity contribution in [2.24, 2.45) is 5.92 Å². The first-order valence-electron chi connectivity index (χ1n) is 6.39. The summed E-state index contributed by atoms with van der Waals surface area (Å²) < 4.78 is 18.1. The maximum Gasteiger partial charge on any atom is 0.339 e. The lowest BCUT2D eigenvalue weighted by atomic mass is 9.97. The number of carbonyl (C=O) groups excluding carboxylic acids is 1.